The number of aromatic nitrogens is 2. The first-order valence-electron chi connectivity index (χ1n) is 37.5. The number of urea groups is 1. The van der Waals surface area contributed by atoms with Gasteiger partial charge in [-0.1, -0.05) is 26.0 Å². The van der Waals surface area contributed by atoms with E-state index in [0.29, 0.717) is 131 Å². The summed E-state index contributed by atoms with van der Waals surface area (Å²) in [6, 6.07) is 7.38. The number of benzene rings is 3. The molecule has 10 N–H and O–H groups in total. The summed E-state index contributed by atoms with van der Waals surface area (Å²) in [4.78, 5) is 141. The van der Waals surface area contributed by atoms with E-state index in [9.17, 15) is 47.9 Å². The molecular weight excluding hydrogens is 1590 g/mol. The Bertz CT molecular complexity index is 4320. The fourth-order valence-corrected chi connectivity index (χ4v) is 16.9. The summed E-state index contributed by atoms with van der Waals surface area (Å²) in [7, 11) is -1.41. The van der Waals surface area contributed by atoms with E-state index in [4.69, 9.17) is 95.8 Å². The summed E-state index contributed by atoms with van der Waals surface area (Å²) in [5.41, 5.74) is 10.5. The quantitative estimate of drug-likeness (QED) is 0.00625. The van der Waals surface area contributed by atoms with Crippen molar-refractivity contribution in [2.75, 3.05) is 166 Å². The van der Waals surface area contributed by atoms with Crippen LogP contribution in [0.25, 0.3) is 21.8 Å². The number of nitrogens with two attached hydrogens (primary N) is 1. The van der Waals surface area contributed by atoms with Crippen molar-refractivity contribution in [3.05, 3.63) is 76.6 Å². The third kappa shape index (κ3) is 21.6. The molecule has 618 valence electrons. The van der Waals surface area contributed by atoms with Crippen molar-refractivity contribution in [3.63, 3.8) is 0 Å². The van der Waals surface area contributed by atoms with E-state index < -0.39 is 54.5 Å². The molecular formula is C75H101Cl2N12O20PS3. The van der Waals surface area contributed by atoms with Gasteiger partial charge in [0, 0.05) is 124 Å². The third-order valence-corrected chi connectivity index (χ3v) is 23.8. The molecule has 5 heterocycles. The number of nitrogens with zero attached hydrogens (tertiary/aromatic N) is 5. The number of aryl methyl sites for hydroxylation is 2. The van der Waals surface area contributed by atoms with Crippen molar-refractivity contribution >= 4 is 164 Å². The summed E-state index contributed by atoms with van der Waals surface area (Å²) in [5.74, 6) is -2.24. The van der Waals surface area contributed by atoms with E-state index in [1.165, 1.54) is 22.7 Å². The van der Waals surface area contributed by atoms with E-state index in [2.05, 4.69) is 31.2 Å². The van der Waals surface area contributed by atoms with Gasteiger partial charge in [0.05, 0.1) is 124 Å². The van der Waals surface area contributed by atoms with Crippen LogP contribution in [0.4, 0.5) is 21.9 Å². The number of hydrogen-bond acceptors (Lipinski definition) is 21. The number of rotatable bonds is 44. The van der Waals surface area contributed by atoms with Gasteiger partial charge in [-0.2, -0.15) is 11.8 Å². The number of ether oxygens (including phenoxy) is 8. The molecule has 5 unspecified atom stereocenters. The second kappa shape index (κ2) is 39.9. The number of fused-ring (bicyclic) bond motifs is 6. The Morgan fingerprint density at radius 3 is 1.70 bits per heavy atom. The second-order valence-corrected chi connectivity index (χ2v) is 32.8. The maximum absolute atomic E-state index is 15.0. The number of aromatic amines is 2. The van der Waals surface area contributed by atoms with Crippen molar-refractivity contribution in [1.82, 2.24) is 40.6 Å². The average Bonchev–Trinajstić information content (AvgIpc) is 1.57. The number of phosphoric acid groups is 1. The number of phosphoric ester groups is 1. The Kier molecular flexibility index (Phi) is 31.0. The number of imide groups is 1. The Labute approximate surface area is 680 Å². The van der Waals surface area contributed by atoms with Crippen LogP contribution in [0.1, 0.15) is 98.4 Å². The first-order valence-corrected chi connectivity index (χ1v) is 42.2. The maximum atomic E-state index is 15.0. The van der Waals surface area contributed by atoms with Gasteiger partial charge in [0.15, 0.2) is 11.5 Å². The molecule has 2 aromatic heterocycles. The Hall–Kier alpha value is -7.48. The van der Waals surface area contributed by atoms with Crippen LogP contribution in [-0.4, -0.2) is 260 Å². The first-order chi connectivity index (χ1) is 54.0. The minimum atomic E-state index is -4.98. The standard InChI is InChI=1S/C75H101Cl2N12O20PS3/c1-44(2)63(84-57(90)14-19-101-21-23-103-25-27-105-29-30-106-28-26-104-24-22-102-20-18-87-58(91)33-56(113-7)68(87)94)67(93)83-51(9-8-15-79-71(78)97)66(92)82-50-12-10-47(11-13-50)40-107-72(111)85(5)16-17-86(6)73(112)108-54-31-52-61(59-45(3)36-80-64(54)59)48(34-76)38-88(52)69(95)74-41-75(42-74,43-74)70(96)89-39-49(35-77)62-53(89)32-55(109-110(98,99)100)65-60(62)46(4)37-81-65/h10-13,31-32,36-37,44,48-49,51,56,63,80-81H,8-9,14-30,33-35,38-43H2,1-7H3,(H,82,92)(H,83,93)(H,84,90)(H3,78,79,97)(H2,98,99,100). The molecule has 6 aliphatic rings. The van der Waals surface area contributed by atoms with Crippen molar-refractivity contribution in [3.8, 4) is 11.5 Å². The van der Waals surface area contributed by atoms with Crippen LogP contribution < -0.4 is 46.1 Å². The largest absolute Gasteiger partial charge is 0.524 e. The van der Waals surface area contributed by atoms with Gasteiger partial charge in [-0.15, -0.1) is 23.2 Å². The van der Waals surface area contributed by atoms with E-state index >= 15 is 4.79 Å². The van der Waals surface area contributed by atoms with E-state index in [-0.39, 0.29) is 153 Å². The van der Waals surface area contributed by atoms with Crippen LogP contribution in [0.15, 0.2) is 48.8 Å². The van der Waals surface area contributed by atoms with Crippen molar-refractivity contribution in [1.29, 1.82) is 0 Å². The molecule has 38 heteroatoms. The molecule has 9 amide bonds. The Balaban J connectivity index is 0.623. The molecule has 3 aliphatic heterocycles. The van der Waals surface area contributed by atoms with Gasteiger partial charge in [0.25, 0.3) is 10.3 Å². The smallest absolute Gasteiger partial charge is 0.466 e. The van der Waals surface area contributed by atoms with Crippen LogP contribution in [-0.2, 0) is 77.9 Å². The fraction of sp³-hybridized carbons (Fsp3) is 0.573. The van der Waals surface area contributed by atoms with Crippen LogP contribution in [0, 0.1) is 30.6 Å². The lowest BCUT2D eigenvalue weighted by atomic mass is 9.34. The highest BCUT2D eigenvalue weighted by Crippen LogP contribution is 2.75. The Morgan fingerprint density at radius 1 is 0.717 bits per heavy atom. The third-order valence-electron chi connectivity index (χ3n) is 20.8. The first kappa shape index (κ1) is 87.9. The van der Waals surface area contributed by atoms with Gasteiger partial charge < -0.3 is 99.0 Å². The predicted octanol–water partition coefficient (Wildman–Crippen LogP) is 6.97. The summed E-state index contributed by atoms with van der Waals surface area (Å²) < 4.78 is 63.0. The molecule has 0 spiro atoms. The van der Waals surface area contributed by atoms with Crippen molar-refractivity contribution in [2.45, 2.75) is 108 Å². The molecule has 11 rings (SSSR count). The number of halogens is 2. The molecule has 1 saturated heterocycles. The summed E-state index contributed by atoms with van der Waals surface area (Å²) >= 11 is 26.2. The Morgan fingerprint density at radius 2 is 1.21 bits per heavy atom. The topological polar surface area (TPSA) is 399 Å². The zero-order chi connectivity index (χ0) is 81.5. The van der Waals surface area contributed by atoms with Crippen LogP contribution in [0.5, 0.6) is 11.5 Å². The average molecular weight is 1690 g/mol. The number of carbonyl (C=O) groups is 8. The second-order valence-electron chi connectivity index (χ2n) is 29.2. The van der Waals surface area contributed by atoms with Crippen molar-refractivity contribution < 1.29 is 95.1 Å². The number of amides is 9. The van der Waals surface area contributed by atoms with E-state index in [0.717, 1.165) is 33.2 Å². The maximum Gasteiger partial charge on any atom is 0.524 e. The molecule has 4 fully saturated rings. The number of nitrogens with one attached hydrogen (secondary N) is 6. The number of primary amides is 1. The van der Waals surface area contributed by atoms with Gasteiger partial charge in [-0.3, -0.25) is 48.2 Å². The number of alkyl halides is 2. The molecule has 32 nitrogen and oxygen atoms in total. The minimum Gasteiger partial charge on any atom is -0.466 e. The van der Waals surface area contributed by atoms with E-state index in [1.54, 1.807) is 78.0 Å². The lowest BCUT2D eigenvalue weighted by Gasteiger charge is -2.69. The van der Waals surface area contributed by atoms with Gasteiger partial charge in [0.2, 0.25) is 41.4 Å². The number of thioether (sulfide) groups is 1. The molecule has 0 radical (unpaired) electrons. The number of likely N-dealkylation sites (N-methyl/N-ethyl adjacent to an activating group) is 2. The van der Waals surface area contributed by atoms with Gasteiger partial charge in [-0.05, 0) is 123 Å². The van der Waals surface area contributed by atoms with Crippen LogP contribution in [0.3, 0.4) is 0 Å². The zero-order valence-corrected chi connectivity index (χ0v) is 69.2. The molecule has 113 heavy (non-hydrogen) atoms. The lowest BCUT2D eigenvalue weighted by Crippen LogP contribution is -2.73. The molecule has 3 aliphatic carbocycles. The monoisotopic (exact) mass is 1690 g/mol. The highest BCUT2D eigenvalue weighted by Gasteiger charge is 2.76. The SMILES string of the molecule is CSC1CC(=O)N(CCOCCOCCOCCOCCOCCOCCC(=O)NC(C(=O)NC(CCCNC(N)=O)C(=O)Nc2ccc(COC(=S)N(C)CCN(C)C(=S)Oc3cc4c(c5c(C)c[nH]c35)C(CCl)CN4C(=O)C34CC(C(=O)N5CC(CCl)c6c5cc(OP(=O)(O)O)c5[nH]cc(C)c65)(C3)C4)cc2)C(C)C)C1=O. The fourth-order valence-electron chi connectivity index (χ4n) is 15.0. The molecule has 5 atom stereocenters. The molecule has 5 aromatic rings. The lowest BCUT2D eigenvalue weighted by molar-refractivity contribution is -0.205. The highest BCUT2D eigenvalue weighted by atomic mass is 35.5. The van der Waals surface area contributed by atoms with Gasteiger partial charge >= 0.3 is 13.9 Å². The summed E-state index contributed by atoms with van der Waals surface area (Å²) in [6.07, 6.45) is 6.97. The highest BCUT2D eigenvalue weighted by molar-refractivity contribution is 8.00. The van der Waals surface area contributed by atoms with E-state index in [1.807, 2.05) is 32.4 Å². The zero-order valence-electron chi connectivity index (χ0n) is 64.4. The van der Waals surface area contributed by atoms with Crippen LogP contribution in [0.2, 0.25) is 0 Å². The number of thiocarbonyl (C=S) groups is 2. The summed E-state index contributed by atoms with van der Waals surface area (Å²) in [6.45, 7) is 12.8. The molecule has 3 saturated carbocycles. The number of carbonyl (C=O) groups excluding carboxylic acids is 8. The minimum absolute atomic E-state index is 0.0401. The number of H-pyrrole nitrogens is 2. The summed E-state index contributed by atoms with van der Waals surface area (Å²) in [5, 5.41) is 12.5. The predicted molar refractivity (Wildman–Crippen MR) is 434 cm³/mol. The number of anilines is 3. The van der Waals surface area contributed by atoms with Gasteiger partial charge in [-0.25, -0.2) is 9.36 Å². The normalized spacial score (nSPS) is 19.4. The van der Waals surface area contributed by atoms with Crippen molar-refractivity contribution in [2.24, 2.45) is 22.5 Å². The molecule has 2 bridgehead atoms. The van der Waals surface area contributed by atoms with Gasteiger partial charge in [0.1, 0.15) is 18.7 Å². The molecule has 3 aromatic carbocycles. The number of likely N-dealkylation sites (tertiary alicyclic amines) is 1. The number of hydrogen-bond donors (Lipinski definition) is 9. The van der Waals surface area contributed by atoms with Crippen LogP contribution >= 0.6 is 67.2 Å².